The van der Waals surface area contributed by atoms with Gasteiger partial charge in [-0.3, -0.25) is 9.59 Å². The number of carbonyl (C=O) groups is 4. The number of carbonyl (C=O) groups excluding carboxylic acids is 4. The van der Waals surface area contributed by atoms with E-state index in [0.29, 0.717) is 11.4 Å². The van der Waals surface area contributed by atoms with E-state index in [4.69, 9.17) is 4.74 Å². The Labute approximate surface area is 180 Å². The highest BCUT2D eigenvalue weighted by Crippen LogP contribution is 2.23. The van der Waals surface area contributed by atoms with Crippen molar-refractivity contribution in [2.45, 2.75) is 19.4 Å². The summed E-state index contributed by atoms with van der Waals surface area (Å²) in [6.07, 6.45) is -0.152. The lowest BCUT2D eigenvalue weighted by molar-refractivity contribution is -0.144. The van der Waals surface area contributed by atoms with Crippen LogP contribution in [0.15, 0.2) is 60.7 Å². The van der Waals surface area contributed by atoms with E-state index in [2.05, 4.69) is 10.6 Å². The molecular weight excluding hydrogens is 400 g/mol. The summed E-state index contributed by atoms with van der Waals surface area (Å²) < 4.78 is 5.00. The summed E-state index contributed by atoms with van der Waals surface area (Å²) in [5.74, 6) is -0.921. The number of para-hydroxylation sites is 2. The minimum Gasteiger partial charge on any atom is -0.466 e. The summed E-state index contributed by atoms with van der Waals surface area (Å²) in [6.45, 7) is 1.65. The highest BCUT2D eigenvalue weighted by molar-refractivity contribution is 6.20. The van der Waals surface area contributed by atoms with Gasteiger partial charge in [-0.2, -0.15) is 0 Å². The number of nitrogens with zero attached hydrogens (tertiary/aromatic N) is 2. The fourth-order valence-electron chi connectivity index (χ4n) is 3.25. The molecule has 9 heteroatoms. The van der Waals surface area contributed by atoms with Crippen LogP contribution >= 0.6 is 0 Å². The van der Waals surface area contributed by atoms with Gasteiger partial charge in [0.25, 0.3) is 5.91 Å². The van der Waals surface area contributed by atoms with Crippen LogP contribution in [0.2, 0.25) is 0 Å². The topological polar surface area (TPSA) is 108 Å². The molecule has 1 saturated heterocycles. The average molecular weight is 424 g/mol. The van der Waals surface area contributed by atoms with Gasteiger partial charge in [0, 0.05) is 12.2 Å². The van der Waals surface area contributed by atoms with Gasteiger partial charge in [-0.05, 0) is 31.2 Å². The lowest BCUT2D eigenvalue weighted by atomic mass is 10.2. The number of urea groups is 2. The SMILES string of the molecule is CCOC(=O)CC(CNC(=O)Nc1ccccc1)N1CC(=O)N(c2ccccc2)C1=O. The molecule has 9 nitrogen and oxygen atoms in total. The quantitative estimate of drug-likeness (QED) is 0.500. The van der Waals surface area contributed by atoms with Crippen LogP contribution in [0.5, 0.6) is 0 Å². The summed E-state index contributed by atoms with van der Waals surface area (Å²) in [5.41, 5.74) is 1.05. The van der Waals surface area contributed by atoms with Crippen LogP contribution in [-0.4, -0.2) is 54.6 Å². The standard InChI is InChI=1S/C22H24N4O5/c1-2-31-20(28)13-18(14-23-21(29)24-16-9-5-3-6-10-16)25-15-19(27)26(22(25)30)17-11-7-4-8-12-17/h3-12,18H,2,13-15H2,1H3,(H2,23,24,29). The highest BCUT2D eigenvalue weighted by Gasteiger charge is 2.41. The van der Waals surface area contributed by atoms with Crippen molar-refractivity contribution in [3.8, 4) is 0 Å². The molecule has 2 N–H and O–H groups in total. The molecule has 5 amide bonds. The molecular formula is C22H24N4O5. The second-order valence-corrected chi connectivity index (χ2v) is 6.84. The summed E-state index contributed by atoms with van der Waals surface area (Å²) >= 11 is 0. The zero-order valence-corrected chi connectivity index (χ0v) is 17.1. The number of imide groups is 1. The van der Waals surface area contributed by atoms with Crippen LogP contribution in [0.4, 0.5) is 21.0 Å². The van der Waals surface area contributed by atoms with Crippen molar-refractivity contribution < 1.29 is 23.9 Å². The Bertz CT molecular complexity index is 935. The average Bonchev–Trinajstić information content (AvgIpc) is 3.06. The van der Waals surface area contributed by atoms with Gasteiger partial charge in [0.15, 0.2) is 0 Å². The minimum absolute atomic E-state index is 0.0286. The van der Waals surface area contributed by atoms with E-state index in [-0.39, 0.29) is 26.1 Å². The van der Waals surface area contributed by atoms with Crippen molar-refractivity contribution in [1.29, 1.82) is 0 Å². The lowest BCUT2D eigenvalue weighted by Crippen LogP contribution is -2.48. The van der Waals surface area contributed by atoms with Crippen LogP contribution in [0.25, 0.3) is 0 Å². The van der Waals surface area contributed by atoms with Gasteiger partial charge in [0.2, 0.25) is 0 Å². The molecule has 0 bridgehead atoms. The third-order valence-corrected chi connectivity index (χ3v) is 4.68. The second-order valence-electron chi connectivity index (χ2n) is 6.84. The molecule has 1 atom stereocenters. The lowest BCUT2D eigenvalue weighted by Gasteiger charge is -2.26. The van der Waals surface area contributed by atoms with Crippen molar-refractivity contribution in [3.05, 3.63) is 60.7 Å². The van der Waals surface area contributed by atoms with Crippen LogP contribution in [0, 0.1) is 0 Å². The molecule has 0 aromatic heterocycles. The van der Waals surface area contributed by atoms with Crippen LogP contribution < -0.4 is 15.5 Å². The van der Waals surface area contributed by atoms with E-state index in [0.717, 1.165) is 4.90 Å². The molecule has 0 aliphatic carbocycles. The van der Waals surface area contributed by atoms with E-state index >= 15 is 0 Å². The van der Waals surface area contributed by atoms with Gasteiger partial charge in [0.05, 0.1) is 24.8 Å². The number of benzene rings is 2. The summed E-state index contributed by atoms with van der Waals surface area (Å²) in [6, 6.07) is 15.6. The summed E-state index contributed by atoms with van der Waals surface area (Å²) in [4.78, 5) is 52.2. The number of ether oxygens (including phenoxy) is 1. The monoisotopic (exact) mass is 424 g/mol. The molecule has 1 heterocycles. The summed E-state index contributed by atoms with van der Waals surface area (Å²) in [7, 11) is 0. The van der Waals surface area contributed by atoms with Gasteiger partial charge >= 0.3 is 18.0 Å². The van der Waals surface area contributed by atoms with Crippen LogP contribution in [-0.2, 0) is 14.3 Å². The summed E-state index contributed by atoms with van der Waals surface area (Å²) in [5, 5.41) is 5.34. The van der Waals surface area contributed by atoms with Crippen molar-refractivity contribution in [2.24, 2.45) is 0 Å². The van der Waals surface area contributed by atoms with Crippen molar-refractivity contribution in [3.63, 3.8) is 0 Å². The molecule has 2 aromatic carbocycles. The van der Waals surface area contributed by atoms with Gasteiger partial charge < -0.3 is 20.3 Å². The van der Waals surface area contributed by atoms with E-state index in [1.165, 1.54) is 4.90 Å². The number of hydrogen-bond acceptors (Lipinski definition) is 5. The number of hydrogen-bond donors (Lipinski definition) is 2. The normalized spacial score (nSPS) is 14.4. The van der Waals surface area contributed by atoms with Gasteiger partial charge in [0.1, 0.15) is 6.54 Å². The molecule has 162 valence electrons. The first-order valence-electron chi connectivity index (χ1n) is 9.93. The number of amides is 5. The van der Waals surface area contributed by atoms with Crippen molar-refractivity contribution >= 4 is 35.3 Å². The maximum atomic E-state index is 13.0. The fourth-order valence-corrected chi connectivity index (χ4v) is 3.25. The highest BCUT2D eigenvalue weighted by atomic mass is 16.5. The van der Waals surface area contributed by atoms with E-state index in [1.54, 1.807) is 61.5 Å². The first kappa shape index (κ1) is 21.8. The second kappa shape index (κ2) is 10.2. The molecule has 2 aromatic rings. The molecule has 0 saturated carbocycles. The Kier molecular flexibility index (Phi) is 7.21. The molecule has 1 fully saturated rings. The van der Waals surface area contributed by atoms with E-state index < -0.39 is 30.0 Å². The first-order chi connectivity index (χ1) is 15.0. The number of rotatable bonds is 8. The fraction of sp³-hybridized carbons (Fsp3) is 0.273. The Morgan fingerprint density at radius 2 is 1.68 bits per heavy atom. The Morgan fingerprint density at radius 3 is 2.32 bits per heavy atom. The van der Waals surface area contributed by atoms with Crippen molar-refractivity contribution in [1.82, 2.24) is 10.2 Å². The predicted molar refractivity (Wildman–Crippen MR) is 115 cm³/mol. The van der Waals surface area contributed by atoms with E-state index in [9.17, 15) is 19.2 Å². The van der Waals surface area contributed by atoms with Gasteiger partial charge in [-0.15, -0.1) is 0 Å². The zero-order chi connectivity index (χ0) is 22.2. The zero-order valence-electron chi connectivity index (χ0n) is 17.1. The van der Waals surface area contributed by atoms with Crippen LogP contribution in [0.3, 0.4) is 0 Å². The molecule has 0 radical (unpaired) electrons. The number of esters is 1. The largest absolute Gasteiger partial charge is 0.466 e. The number of nitrogens with one attached hydrogen (secondary N) is 2. The van der Waals surface area contributed by atoms with Crippen LogP contribution in [0.1, 0.15) is 13.3 Å². The first-order valence-corrected chi connectivity index (χ1v) is 9.93. The third-order valence-electron chi connectivity index (χ3n) is 4.68. The Morgan fingerprint density at radius 1 is 1.03 bits per heavy atom. The van der Waals surface area contributed by atoms with Gasteiger partial charge in [-0.1, -0.05) is 36.4 Å². The Balaban J connectivity index is 1.71. The Hall–Kier alpha value is -3.88. The molecule has 0 spiro atoms. The predicted octanol–water partition coefficient (Wildman–Crippen LogP) is 2.60. The molecule has 31 heavy (non-hydrogen) atoms. The van der Waals surface area contributed by atoms with Gasteiger partial charge in [-0.25, -0.2) is 14.5 Å². The smallest absolute Gasteiger partial charge is 0.332 e. The van der Waals surface area contributed by atoms with Crippen molar-refractivity contribution in [2.75, 3.05) is 29.9 Å². The van der Waals surface area contributed by atoms with E-state index in [1.807, 2.05) is 6.07 Å². The molecule has 1 aliphatic rings. The molecule has 1 aliphatic heterocycles. The molecule has 1 unspecified atom stereocenters. The maximum absolute atomic E-state index is 13.0. The third kappa shape index (κ3) is 5.59. The minimum atomic E-state index is -0.745. The molecule has 3 rings (SSSR count). The maximum Gasteiger partial charge on any atom is 0.332 e. The number of anilines is 2.